The molecule has 0 heterocycles. The molecule has 1 amide bonds. The molecule has 2 atom stereocenters. The highest BCUT2D eigenvalue weighted by Crippen LogP contribution is 2.24. The average Bonchev–Trinajstić information content (AvgIpc) is 2.59. The zero-order valence-electron chi connectivity index (χ0n) is 14.9. The minimum absolute atomic E-state index is 0. The first-order valence-electron chi connectivity index (χ1n) is 8.24. The lowest BCUT2D eigenvalue weighted by Gasteiger charge is -2.22. The van der Waals surface area contributed by atoms with Crippen LogP contribution in [0, 0.1) is 0 Å². The van der Waals surface area contributed by atoms with E-state index in [1.165, 1.54) is 6.26 Å². The van der Waals surface area contributed by atoms with Crippen LogP contribution >= 0.6 is 12.4 Å². The van der Waals surface area contributed by atoms with Gasteiger partial charge < -0.3 is 11.1 Å². The van der Waals surface area contributed by atoms with Gasteiger partial charge in [-0.2, -0.15) is 0 Å². The summed E-state index contributed by atoms with van der Waals surface area (Å²) in [5, 5.41) is 2.95. The number of nitrogens with two attached hydrogens (primary N) is 1. The maximum Gasteiger partial charge on any atom is 0.237 e. The third-order valence-corrected chi connectivity index (χ3v) is 5.09. The highest BCUT2D eigenvalue weighted by molar-refractivity contribution is 7.90. The second kappa shape index (κ2) is 9.71. The second-order valence-corrected chi connectivity index (χ2v) is 8.11. The van der Waals surface area contributed by atoms with E-state index in [0.29, 0.717) is 12.0 Å². The zero-order valence-corrected chi connectivity index (χ0v) is 16.5. The van der Waals surface area contributed by atoms with Crippen molar-refractivity contribution in [2.45, 2.75) is 36.7 Å². The van der Waals surface area contributed by atoms with E-state index in [1.54, 1.807) is 24.3 Å². The minimum Gasteiger partial charge on any atom is -0.344 e. The fraction of sp³-hybridized carbons (Fsp3) is 0.316. The Kier molecular flexibility index (Phi) is 8.27. The van der Waals surface area contributed by atoms with Crippen LogP contribution in [0.15, 0.2) is 59.5 Å². The summed E-state index contributed by atoms with van der Waals surface area (Å²) in [5.74, 6) is -0.250. The molecule has 3 N–H and O–H groups in total. The van der Waals surface area contributed by atoms with Gasteiger partial charge in [-0.25, -0.2) is 8.42 Å². The number of halogens is 1. The predicted molar refractivity (Wildman–Crippen MR) is 106 cm³/mol. The molecule has 142 valence electrons. The quantitative estimate of drug-likeness (QED) is 0.753. The van der Waals surface area contributed by atoms with Gasteiger partial charge in [-0.05, 0) is 29.7 Å². The van der Waals surface area contributed by atoms with Crippen LogP contribution in [-0.4, -0.2) is 26.6 Å². The van der Waals surface area contributed by atoms with Crippen molar-refractivity contribution >= 4 is 28.2 Å². The molecule has 2 aromatic rings. The Hall–Kier alpha value is -1.89. The molecule has 0 bridgehead atoms. The first kappa shape index (κ1) is 22.2. The zero-order chi connectivity index (χ0) is 18.4. The number of carbonyl (C=O) groups excluding carboxylic acids is 1. The Labute approximate surface area is 161 Å². The maximum absolute atomic E-state index is 12.4. The van der Waals surface area contributed by atoms with E-state index in [0.717, 1.165) is 12.0 Å². The Bertz CT molecular complexity index is 826. The standard InChI is InChI=1S/C19H24N2O3S.ClH/c1-3-8-17(20)19(22)21-18(14-9-5-4-6-10-14)15-11-7-12-16(13-15)25(2,23)24;/h4-7,9-13,17-18H,3,8,20H2,1-2H3,(H,21,22);1H. The molecular weight excluding hydrogens is 372 g/mol. The van der Waals surface area contributed by atoms with Crippen molar-refractivity contribution in [3.05, 3.63) is 65.7 Å². The van der Waals surface area contributed by atoms with Crippen LogP contribution in [0.25, 0.3) is 0 Å². The largest absolute Gasteiger partial charge is 0.344 e. The predicted octanol–water partition coefficient (Wildman–Crippen LogP) is 2.84. The Morgan fingerprint density at radius 2 is 1.69 bits per heavy atom. The van der Waals surface area contributed by atoms with Gasteiger partial charge in [0.1, 0.15) is 0 Å². The van der Waals surface area contributed by atoms with Gasteiger partial charge in [0.05, 0.1) is 17.0 Å². The minimum atomic E-state index is -3.33. The molecule has 2 unspecified atom stereocenters. The van der Waals surface area contributed by atoms with E-state index in [9.17, 15) is 13.2 Å². The first-order valence-corrected chi connectivity index (χ1v) is 10.1. The Morgan fingerprint density at radius 1 is 1.08 bits per heavy atom. The van der Waals surface area contributed by atoms with Crippen LogP contribution in [0.4, 0.5) is 0 Å². The molecule has 0 radical (unpaired) electrons. The number of rotatable bonds is 7. The van der Waals surface area contributed by atoms with Gasteiger partial charge in [-0.3, -0.25) is 4.79 Å². The van der Waals surface area contributed by atoms with Crippen molar-refractivity contribution < 1.29 is 13.2 Å². The van der Waals surface area contributed by atoms with E-state index in [-0.39, 0.29) is 23.2 Å². The van der Waals surface area contributed by atoms with Crippen LogP contribution in [0.1, 0.15) is 36.9 Å². The molecule has 0 spiro atoms. The number of hydrogen-bond donors (Lipinski definition) is 2. The van der Waals surface area contributed by atoms with Gasteiger partial charge >= 0.3 is 0 Å². The van der Waals surface area contributed by atoms with Crippen LogP contribution < -0.4 is 11.1 Å². The fourth-order valence-corrected chi connectivity index (χ4v) is 3.30. The number of amides is 1. The molecule has 0 aliphatic rings. The van der Waals surface area contributed by atoms with Gasteiger partial charge in [-0.15, -0.1) is 12.4 Å². The number of sulfone groups is 1. The monoisotopic (exact) mass is 396 g/mol. The molecule has 2 rings (SSSR count). The van der Waals surface area contributed by atoms with E-state index >= 15 is 0 Å². The number of benzene rings is 2. The maximum atomic E-state index is 12.4. The third kappa shape index (κ3) is 5.83. The van der Waals surface area contributed by atoms with Gasteiger partial charge in [0.25, 0.3) is 0 Å². The lowest BCUT2D eigenvalue weighted by Crippen LogP contribution is -2.42. The Morgan fingerprint density at radius 3 is 2.27 bits per heavy atom. The molecule has 0 fully saturated rings. The summed E-state index contributed by atoms with van der Waals surface area (Å²) in [7, 11) is -3.33. The molecule has 7 heteroatoms. The van der Waals surface area contributed by atoms with E-state index < -0.39 is 21.9 Å². The number of carbonyl (C=O) groups is 1. The molecule has 26 heavy (non-hydrogen) atoms. The van der Waals surface area contributed by atoms with Crippen molar-refractivity contribution in [2.24, 2.45) is 5.73 Å². The molecule has 2 aromatic carbocycles. The summed E-state index contributed by atoms with van der Waals surface area (Å²) in [6.07, 6.45) is 2.57. The second-order valence-electron chi connectivity index (χ2n) is 6.09. The highest BCUT2D eigenvalue weighted by atomic mass is 35.5. The normalized spacial score (nSPS) is 13.3. The van der Waals surface area contributed by atoms with Crippen molar-refractivity contribution in [3.63, 3.8) is 0 Å². The lowest BCUT2D eigenvalue weighted by molar-refractivity contribution is -0.123. The van der Waals surface area contributed by atoms with Crippen LogP contribution in [0.2, 0.25) is 0 Å². The molecule has 0 saturated carbocycles. The average molecular weight is 397 g/mol. The van der Waals surface area contributed by atoms with Crippen molar-refractivity contribution in [1.29, 1.82) is 0 Å². The molecular formula is C19H25ClN2O3S. The summed E-state index contributed by atoms with van der Waals surface area (Å²) < 4.78 is 23.7. The number of hydrogen-bond acceptors (Lipinski definition) is 4. The van der Waals surface area contributed by atoms with E-state index in [1.807, 2.05) is 37.3 Å². The van der Waals surface area contributed by atoms with Gasteiger partial charge in [0.2, 0.25) is 5.91 Å². The molecule has 0 aromatic heterocycles. The molecule has 0 aliphatic heterocycles. The van der Waals surface area contributed by atoms with E-state index in [4.69, 9.17) is 5.73 Å². The van der Waals surface area contributed by atoms with Crippen LogP contribution in [0.3, 0.4) is 0 Å². The Balaban J connectivity index is 0.00000338. The smallest absolute Gasteiger partial charge is 0.237 e. The lowest BCUT2D eigenvalue weighted by atomic mass is 9.98. The molecule has 5 nitrogen and oxygen atoms in total. The van der Waals surface area contributed by atoms with Crippen LogP contribution in [-0.2, 0) is 14.6 Å². The summed E-state index contributed by atoms with van der Waals surface area (Å²) >= 11 is 0. The fourth-order valence-electron chi connectivity index (χ4n) is 2.62. The van der Waals surface area contributed by atoms with Crippen molar-refractivity contribution in [2.75, 3.05) is 6.26 Å². The topological polar surface area (TPSA) is 89.3 Å². The van der Waals surface area contributed by atoms with Crippen molar-refractivity contribution in [3.8, 4) is 0 Å². The molecule has 0 saturated heterocycles. The van der Waals surface area contributed by atoms with E-state index in [2.05, 4.69) is 5.32 Å². The highest BCUT2D eigenvalue weighted by Gasteiger charge is 2.21. The van der Waals surface area contributed by atoms with Crippen molar-refractivity contribution in [1.82, 2.24) is 5.32 Å². The first-order chi connectivity index (χ1) is 11.8. The summed E-state index contributed by atoms with van der Waals surface area (Å²) in [4.78, 5) is 12.6. The summed E-state index contributed by atoms with van der Waals surface area (Å²) in [6, 6.07) is 15.0. The third-order valence-electron chi connectivity index (χ3n) is 3.98. The van der Waals surface area contributed by atoms with Gasteiger partial charge in [-0.1, -0.05) is 55.8 Å². The SMILES string of the molecule is CCCC(N)C(=O)NC(c1ccccc1)c1cccc(S(C)(=O)=O)c1.Cl. The van der Waals surface area contributed by atoms with Crippen LogP contribution in [0.5, 0.6) is 0 Å². The number of nitrogens with one attached hydrogen (secondary N) is 1. The summed E-state index contributed by atoms with van der Waals surface area (Å²) in [6.45, 7) is 1.97. The molecule has 0 aliphatic carbocycles. The summed E-state index contributed by atoms with van der Waals surface area (Å²) in [5.41, 5.74) is 7.49. The van der Waals surface area contributed by atoms with Gasteiger partial charge in [0, 0.05) is 6.26 Å². The van der Waals surface area contributed by atoms with Gasteiger partial charge in [0.15, 0.2) is 9.84 Å².